The molecule has 4 rings (SSSR count). The summed E-state index contributed by atoms with van der Waals surface area (Å²) in [6.07, 6.45) is 0.842. The zero-order valence-corrected chi connectivity index (χ0v) is 18.0. The van der Waals surface area contributed by atoms with Crippen LogP contribution in [0.3, 0.4) is 0 Å². The second-order valence-electron chi connectivity index (χ2n) is 7.59. The molecule has 4 aromatic rings. The van der Waals surface area contributed by atoms with Crippen molar-refractivity contribution in [2.45, 2.75) is 20.3 Å². The Balaban J connectivity index is 0.000000913. The molecule has 0 aliphatic carbocycles. The van der Waals surface area contributed by atoms with Crippen LogP contribution in [0.1, 0.15) is 22.3 Å². The highest BCUT2D eigenvalue weighted by Crippen LogP contribution is 2.28. The van der Waals surface area contributed by atoms with Gasteiger partial charge >= 0.3 is 0 Å². The fourth-order valence-corrected chi connectivity index (χ4v) is 3.81. The zero-order valence-electron chi connectivity index (χ0n) is 18.0. The second kappa shape index (κ2) is 10.8. The van der Waals surface area contributed by atoms with Gasteiger partial charge in [0, 0.05) is 0 Å². The van der Waals surface area contributed by atoms with Crippen molar-refractivity contribution in [2.75, 3.05) is 6.93 Å². The van der Waals surface area contributed by atoms with Gasteiger partial charge in [-0.25, -0.2) is 17.6 Å². The Morgan fingerprint density at radius 1 is 0.531 bits per heavy atom. The zero-order chi connectivity index (χ0) is 23.1. The standard InChI is InChI=1S/C27H22F2.CH2F2/c1-18-15-20(3-13-26(18)22-5-9-24(28)10-6-22)17-21-4-14-27(19(2)16-21)23-7-11-25(29)12-8-23;2-1-3/h3-16H,17H2,1-2H3;1H2. The molecule has 0 saturated carbocycles. The van der Waals surface area contributed by atoms with Crippen LogP contribution in [0.4, 0.5) is 17.6 Å². The molecule has 0 fully saturated rings. The number of rotatable bonds is 4. The van der Waals surface area contributed by atoms with Crippen molar-refractivity contribution >= 4 is 0 Å². The summed E-state index contributed by atoms with van der Waals surface area (Å²) in [5.74, 6) is -0.440. The first-order valence-corrected chi connectivity index (χ1v) is 10.2. The highest BCUT2D eigenvalue weighted by Gasteiger charge is 2.07. The Morgan fingerprint density at radius 2 is 0.875 bits per heavy atom. The number of hydrogen-bond donors (Lipinski definition) is 0. The van der Waals surface area contributed by atoms with E-state index < -0.39 is 6.93 Å². The van der Waals surface area contributed by atoms with Crippen LogP contribution in [0.25, 0.3) is 22.3 Å². The fourth-order valence-electron chi connectivity index (χ4n) is 3.81. The van der Waals surface area contributed by atoms with Crippen LogP contribution in [0.15, 0.2) is 84.9 Å². The van der Waals surface area contributed by atoms with Gasteiger partial charge in [0.2, 0.25) is 6.93 Å². The Morgan fingerprint density at radius 3 is 1.19 bits per heavy atom. The first-order valence-electron chi connectivity index (χ1n) is 10.2. The molecule has 0 aromatic heterocycles. The van der Waals surface area contributed by atoms with Gasteiger partial charge in [0.05, 0.1) is 0 Å². The van der Waals surface area contributed by atoms with Gasteiger partial charge in [-0.05, 0) is 89.0 Å². The van der Waals surface area contributed by atoms with Gasteiger partial charge in [-0.1, -0.05) is 60.7 Å². The smallest absolute Gasteiger partial charge is 0.214 e. The molecule has 0 amide bonds. The minimum Gasteiger partial charge on any atom is -0.214 e. The third-order valence-corrected chi connectivity index (χ3v) is 5.30. The number of halogens is 4. The lowest BCUT2D eigenvalue weighted by Crippen LogP contribution is -1.93. The normalized spacial score (nSPS) is 10.4. The molecular weight excluding hydrogens is 412 g/mol. The number of aryl methyl sites for hydroxylation is 2. The van der Waals surface area contributed by atoms with Gasteiger partial charge in [0.15, 0.2) is 0 Å². The molecule has 0 unspecified atom stereocenters. The average Bonchev–Trinajstić information content (AvgIpc) is 2.76. The minimum atomic E-state index is -1.75. The first-order chi connectivity index (χ1) is 15.4. The quantitative estimate of drug-likeness (QED) is 0.282. The summed E-state index contributed by atoms with van der Waals surface area (Å²) >= 11 is 0. The number of benzene rings is 4. The van der Waals surface area contributed by atoms with Crippen molar-refractivity contribution < 1.29 is 17.6 Å². The van der Waals surface area contributed by atoms with E-state index in [0.717, 1.165) is 28.7 Å². The summed E-state index contributed by atoms with van der Waals surface area (Å²) in [5.41, 5.74) is 9.12. The minimum absolute atomic E-state index is 0.220. The topological polar surface area (TPSA) is 0 Å². The third kappa shape index (κ3) is 5.85. The van der Waals surface area contributed by atoms with Gasteiger partial charge in [0.1, 0.15) is 11.6 Å². The summed E-state index contributed by atoms with van der Waals surface area (Å²) in [5, 5.41) is 0. The van der Waals surface area contributed by atoms with E-state index in [4.69, 9.17) is 0 Å². The summed E-state index contributed by atoms with van der Waals surface area (Å²) in [6.45, 7) is 2.43. The van der Waals surface area contributed by atoms with Crippen molar-refractivity contribution in [3.05, 3.63) is 119 Å². The summed E-state index contributed by atoms with van der Waals surface area (Å²) in [7, 11) is 0. The summed E-state index contributed by atoms with van der Waals surface area (Å²) < 4.78 is 45.6. The van der Waals surface area contributed by atoms with Crippen LogP contribution >= 0.6 is 0 Å². The van der Waals surface area contributed by atoms with Crippen molar-refractivity contribution in [3.63, 3.8) is 0 Å². The van der Waals surface area contributed by atoms with E-state index in [0.29, 0.717) is 0 Å². The molecule has 0 bridgehead atoms. The summed E-state index contributed by atoms with van der Waals surface area (Å²) in [6, 6.07) is 26.1. The molecule has 0 atom stereocenters. The maximum Gasteiger partial charge on any atom is 0.229 e. The van der Waals surface area contributed by atoms with Gasteiger partial charge in [0.25, 0.3) is 0 Å². The average molecular weight is 436 g/mol. The van der Waals surface area contributed by atoms with E-state index in [9.17, 15) is 17.6 Å². The third-order valence-electron chi connectivity index (χ3n) is 5.30. The van der Waals surface area contributed by atoms with E-state index in [-0.39, 0.29) is 11.6 Å². The molecule has 0 radical (unpaired) electrons. The monoisotopic (exact) mass is 436 g/mol. The Bertz CT molecular complexity index is 1070. The van der Waals surface area contributed by atoms with Gasteiger partial charge in [-0.2, -0.15) is 0 Å². The van der Waals surface area contributed by atoms with Gasteiger partial charge in [-0.3, -0.25) is 0 Å². The maximum absolute atomic E-state index is 13.2. The second-order valence-corrected chi connectivity index (χ2v) is 7.59. The number of alkyl halides is 2. The number of hydrogen-bond acceptors (Lipinski definition) is 0. The van der Waals surface area contributed by atoms with Crippen LogP contribution in [0.5, 0.6) is 0 Å². The van der Waals surface area contributed by atoms with Crippen LogP contribution in [0.2, 0.25) is 0 Å². The van der Waals surface area contributed by atoms with Crippen molar-refractivity contribution in [3.8, 4) is 22.3 Å². The molecule has 0 heterocycles. The lowest BCUT2D eigenvalue weighted by Gasteiger charge is -2.11. The van der Waals surface area contributed by atoms with Crippen molar-refractivity contribution in [1.82, 2.24) is 0 Å². The predicted octanol–water partition coefficient (Wildman–Crippen LogP) is 8.39. The molecule has 0 nitrogen and oxygen atoms in total. The van der Waals surface area contributed by atoms with Gasteiger partial charge in [-0.15, -0.1) is 0 Å². The SMILES string of the molecule is Cc1cc(Cc2ccc(-c3ccc(F)cc3)c(C)c2)ccc1-c1ccc(F)cc1.FCF. The lowest BCUT2D eigenvalue weighted by molar-refractivity contribution is 0.295. The van der Waals surface area contributed by atoms with Crippen LogP contribution in [-0.2, 0) is 6.42 Å². The predicted molar refractivity (Wildman–Crippen MR) is 123 cm³/mol. The lowest BCUT2D eigenvalue weighted by atomic mass is 9.93. The summed E-state index contributed by atoms with van der Waals surface area (Å²) in [4.78, 5) is 0. The van der Waals surface area contributed by atoms with Gasteiger partial charge < -0.3 is 0 Å². The molecule has 4 heteroatoms. The highest BCUT2D eigenvalue weighted by molar-refractivity contribution is 5.69. The molecule has 164 valence electrons. The van der Waals surface area contributed by atoms with Crippen molar-refractivity contribution in [2.24, 2.45) is 0 Å². The molecular formula is C28H24F4. The van der Waals surface area contributed by atoms with E-state index in [1.165, 1.54) is 46.5 Å². The molecule has 0 N–H and O–H groups in total. The Labute approximate surface area is 186 Å². The molecule has 0 saturated heterocycles. The fraction of sp³-hybridized carbons (Fsp3) is 0.143. The van der Waals surface area contributed by atoms with Crippen LogP contribution in [0, 0.1) is 25.5 Å². The van der Waals surface area contributed by atoms with E-state index in [1.54, 1.807) is 0 Å². The molecule has 0 aliphatic rings. The van der Waals surface area contributed by atoms with Crippen LogP contribution in [-0.4, -0.2) is 6.93 Å². The highest BCUT2D eigenvalue weighted by atomic mass is 19.3. The van der Waals surface area contributed by atoms with Crippen molar-refractivity contribution in [1.29, 1.82) is 0 Å². The molecule has 32 heavy (non-hydrogen) atoms. The Hall–Kier alpha value is -3.40. The maximum atomic E-state index is 13.2. The largest absolute Gasteiger partial charge is 0.229 e. The van der Waals surface area contributed by atoms with Crippen LogP contribution < -0.4 is 0 Å². The van der Waals surface area contributed by atoms with E-state index >= 15 is 0 Å². The van der Waals surface area contributed by atoms with E-state index in [1.807, 2.05) is 24.3 Å². The first kappa shape index (κ1) is 23.3. The molecule has 0 spiro atoms. The molecule has 4 aromatic carbocycles. The van der Waals surface area contributed by atoms with E-state index in [2.05, 4.69) is 50.2 Å². The molecule has 0 aliphatic heterocycles. The Kier molecular flexibility index (Phi) is 7.82.